The van der Waals surface area contributed by atoms with Crippen LogP contribution in [0, 0.1) is 11.7 Å². The minimum atomic E-state index is -0.313. The summed E-state index contributed by atoms with van der Waals surface area (Å²) in [6, 6.07) is 5.88. The normalized spacial score (nSPS) is 21.2. The molecule has 0 spiro atoms. The zero-order valence-corrected chi connectivity index (χ0v) is 14.5. The van der Waals surface area contributed by atoms with Crippen LogP contribution in [0.25, 0.3) is 0 Å². The van der Waals surface area contributed by atoms with Crippen molar-refractivity contribution in [1.82, 2.24) is 15.5 Å². The number of hydrogen-bond acceptors (Lipinski definition) is 2. The maximum Gasteiger partial charge on any atom is 0.315 e. The van der Waals surface area contributed by atoms with Crippen LogP contribution in [0.1, 0.15) is 44.1 Å². The van der Waals surface area contributed by atoms with E-state index < -0.39 is 0 Å². The average molecular weight is 347 g/mol. The number of likely N-dealkylation sites (tertiary alicyclic amines) is 1. The third-order valence-corrected chi connectivity index (χ3v) is 5.13. The highest BCUT2D eigenvalue weighted by molar-refractivity contribution is 5.79. The first-order valence-electron chi connectivity index (χ1n) is 9.19. The Balaban J connectivity index is 1.41. The summed E-state index contributed by atoms with van der Waals surface area (Å²) >= 11 is 0. The number of carbonyl (C=O) groups is 2. The van der Waals surface area contributed by atoms with E-state index in [0.717, 1.165) is 37.7 Å². The number of hydrogen-bond donors (Lipinski definition) is 2. The van der Waals surface area contributed by atoms with Crippen LogP contribution in [0.15, 0.2) is 24.3 Å². The lowest BCUT2D eigenvalue weighted by Crippen LogP contribution is -2.44. The molecule has 25 heavy (non-hydrogen) atoms. The van der Waals surface area contributed by atoms with Gasteiger partial charge in [0.1, 0.15) is 5.82 Å². The molecule has 1 saturated carbocycles. The van der Waals surface area contributed by atoms with Gasteiger partial charge in [0.15, 0.2) is 0 Å². The van der Waals surface area contributed by atoms with Gasteiger partial charge in [-0.25, -0.2) is 9.18 Å². The van der Waals surface area contributed by atoms with Crippen LogP contribution in [0.2, 0.25) is 0 Å². The largest absolute Gasteiger partial charge is 0.340 e. The summed E-state index contributed by atoms with van der Waals surface area (Å²) in [5.74, 6) is 0.117. The molecule has 1 aliphatic carbocycles. The van der Waals surface area contributed by atoms with E-state index in [-0.39, 0.29) is 36.3 Å². The van der Waals surface area contributed by atoms with Crippen molar-refractivity contribution < 1.29 is 14.0 Å². The molecular weight excluding hydrogens is 321 g/mol. The van der Waals surface area contributed by atoms with Crippen LogP contribution in [0.4, 0.5) is 9.18 Å². The predicted octanol–water partition coefficient (Wildman–Crippen LogP) is 2.81. The van der Waals surface area contributed by atoms with Gasteiger partial charge in [-0.3, -0.25) is 4.79 Å². The average Bonchev–Trinajstić information content (AvgIpc) is 3.08. The highest BCUT2D eigenvalue weighted by Crippen LogP contribution is 2.26. The zero-order valence-electron chi connectivity index (χ0n) is 14.5. The van der Waals surface area contributed by atoms with E-state index in [2.05, 4.69) is 10.6 Å². The van der Waals surface area contributed by atoms with Gasteiger partial charge < -0.3 is 15.5 Å². The highest BCUT2D eigenvalue weighted by Gasteiger charge is 2.31. The van der Waals surface area contributed by atoms with E-state index >= 15 is 0 Å². The molecule has 0 unspecified atom stereocenters. The van der Waals surface area contributed by atoms with Gasteiger partial charge in [0.05, 0.1) is 0 Å². The second-order valence-corrected chi connectivity index (χ2v) is 7.06. The van der Waals surface area contributed by atoms with Gasteiger partial charge in [-0.15, -0.1) is 0 Å². The van der Waals surface area contributed by atoms with Crippen molar-refractivity contribution in [2.45, 2.75) is 51.1 Å². The van der Waals surface area contributed by atoms with Gasteiger partial charge in [-0.05, 0) is 37.0 Å². The minimum absolute atomic E-state index is 0.0138. The molecule has 2 aliphatic rings. The van der Waals surface area contributed by atoms with Gasteiger partial charge in [-0.1, -0.05) is 31.4 Å². The smallest absolute Gasteiger partial charge is 0.315 e. The van der Waals surface area contributed by atoms with E-state index in [4.69, 9.17) is 0 Å². The molecule has 0 bridgehead atoms. The molecule has 1 aromatic rings. The van der Waals surface area contributed by atoms with Crippen LogP contribution in [0.5, 0.6) is 0 Å². The number of rotatable bonds is 4. The number of amides is 3. The van der Waals surface area contributed by atoms with Crippen molar-refractivity contribution in [2.24, 2.45) is 5.92 Å². The first-order valence-corrected chi connectivity index (χ1v) is 9.19. The first-order chi connectivity index (χ1) is 12.1. The molecule has 1 heterocycles. The van der Waals surface area contributed by atoms with Crippen molar-refractivity contribution in [3.8, 4) is 0 Å². The zero-order chi connectivity index (χ0) is 17.6. The molecule has 0 aromatic heterocycles. The Bertz CT molecular complexity index is 616. The second kappa shape index (κ2) is 8.32. The molecule has 2 fully saturated rings. The van der Waals surface area contributed by atoms with E-state index in [1.807, 2.05) is 4.90 Å². The van der Waals surface area contributed by atoms with Crippen molar-refractivity contribution in [2.75, 3.05) is 13.1 Å². The summed E-state index contributed by atoms with van der Waals surface area (Å²) in [5, 5.41) is 5.65. The Morgan fingerprint density at radius 2 is 1.96 bits per heavy atom. The molecule has 1 atom stereocenters. The second-order valence-electron chi connectivity index (χ2n) is 7.06. The molecule has 1 aromatic carbocycles. The fourth-order valence-electron chi connectivity index (χ4n) is 3.75. The van der Waals surface area contributed by atoms with Crippen LogP contribution < -0.4 is 10.6 Å². The standard InChI is InChI=1S/C19H26FN3O2/c20-16-8-4-5-14(11-16)12-21-19(25)22-17-9-10-23(13-17)18(24)15-6-2-1-3-7-15/h4-5,8,11,15,17H,1-3,6-7,9-10,12-13H2,(H2,21,22,25)/t17-/m0/s1. The van der Waals surface area contributed by atoms with Crippen molar-refractivity contribution in [3.05, 3.63) is 35.6 Å². The fraction of sp³-hybridized carbons (Fsp3) is 0.579. The lowest BCUT2D eigenvalue weighted by molar-refractivity contribution is -0.135. The van der Waals surface area contributed by atoms with E-state index in [9.17, 15) is 14.0 Å². The molecule has 2 N–H and O–H groups in total. The molecule has 3 rings (SSSR count). The Morgan fingerprint density at radius 1 is 1.16 bits per heavy atom. The third-order valence-electron chi connectivity index (χ3n) is 5.13. The lowest BCUT2D eigenvalue weighted by atomic mass is 9.88. The summed E-state index contributed by atoms with van der Waals surface area (Å²) in [6.45, 7) is 1.58. The summed E-state index contributed by atoms with van der Waals surface area (Å²) in [7, 11) is 0. The SMILES string of the molecule is O=C(NCc1cccc(F)c1)N[C@H]1CCN(C(=O)C2CCCCC2)C1. The summed E-state index contributed by atoms with van der Waals surface area (Å²) < 4.78 is 13.1. The Labute approximate surface area is 148 Å². The van der Waals surface area contributed by atoms with Gasteiger partial charge in [0, 0.05) is 31.6 Å². The molecule has 3 amide bonds. The molecule has 1 saturated heterocycles. The molecule has 6 heteroatoms. The fourth-order valence-corrected chi connectivity index (χ4v) is 3.75. The van der Waals surface area contributed by atoms with Crippen LogP contribution in [-0.4, -0.2) is 36.0 Å². The molecular formula is C19H26FN3O2. The number of halogens is 1. The van der Waals surface area contributed by atoms with Gasteiger partial charge in [-0.2, -0.15) is 0 Å². The summed E-state index contributed by atoms with van der Waals surface area (Å²) in [4.78, 5) is 26.4. The quantitative estimate of drug-likeness (QED) is 0.880. The molecule has 136 valence electrons. The van der Waals surface area contributed by atoms with Gasteiger partial charge >= 0.3 is 6.03 Å². The van der Waals surface area contributed by atoms with Crippen molar-refractivity contribution >= 4 is 11.9 Å². The van der Waals surface area contributed by atoms with Crippen LogP contribution >= 0.6 is 0 Å². The number of urea groups is 1. The number of carbonyl (C=O) groups excluding carboxylic acids is 2. The Morgan fingerprint density at radius 3 is 2.72 bits per heavy atom. The van der Waals surface area contributed by atoms with E-state index in [1.165, 1.54) is 18.6 Å². The predicted molar refractivity (Wildman–Crippen MR) is 93.3 cm³/mol. The van der Waals surface area contributed by atoms with Crippen molar-refractivity contribution in [3.63, 3.8) is 0 Å². The highest BCUT2D eigenvalue weighted by atomic mass is 19.1. The third kappa shape index (κ3) is 4.94. The monoisotopic (exact) mass is 347 g/mol. The van der Waals surface area contributed by atoms with E-state index in [1.54, 1.807) is 12.1 Å². The summed E-state index contributed by atoms with van der Waals surface area (Å²) in [6.07, 6.45) is 6.32. The van der Waals surface area contributed by atoms with Crippen LogP contribution in [-0.2, 0) is 11.3 Å². The Hall–Kier alpha value is -2.11. The van der Waals surface area contributed by atoms with E-state index in [0.29, 0.717) is 13.1 Å². The lowest BCUT2D eigenvalue weighted by Gasteiger charge is -2.26. The molecule has 1 aliphatic heterocycles. The topological polar surface area (TPSA) is 61.4 Å². The molecule has 0 radical (unpaired) electrons. The number of nitrogens with zero attached hydrogens (tertiary/aromatic N) is 1. The number of nitrogens with one attached hydrogen (secondary N) is 2. The first kappa shape index (κ1) is 17.7. The minimum Gasteiger partial charge on any atom is -0.340 e. The van der Waals surface area contributed by atoms with Gasteiger partial charge in [0.2, 0.25) is 5.91 Å². The summed E-state index contributed by atoms with van der Waals surface area (Å²) in [5.41, 5.74) is 0.718. The Kier molecular flexibility index (Phi) is 5.89. The van der Waals surface area contributed by atoms with Crippen LogP contribution in [0.3, 0.4) is 0 Å². The van der Waals surface area contributed by atoms with Crippen molar-refractivity contribution in [1.29, 1.82) is 0 Å². The maximum atomic E-state index is 13.1. The molecule has 5 nitrogen and oxygen atoms in total. The van der Waals surface area contributed by atoms with Gasteiger partial charge in [0.25, 0.3) is 0 Å². The maximum absolute atomic E-state index is 13.1. The number of benzene rings is 1.